The Kier molecular flexibility index (Phi) is 6.48. The highest BCUT2D eigenvalue weighted by Crippen LogP contribution is 2.13. The van der Waals surface area contributed by atoms with Crippen molar-refractivity contribution in [2.75, 3.05) is 0 Å². The molecule has 17 heavy (non-hydrogen) atoms. The Hall–Kier alpha value is -1.37. The van der Waals surface area contributed by atoms with Gasteiger partial charge in [-0.3, -0.25) is 14.4 Å². The Balaban J connectivity index is 4.72. The maximum Gasteiger partial charge on any atom is 0.701 e. The molecule has 0 spiro atoms. The smallest absolute Gasteiger partial charge is 0.455 e. The number of carbonyl (C=O) groups excluding carboxylic acids is 3. The molecule has 0 fully saturated rings. The van der Waals surface area contributed by atoms with Crippen molar-refractivity contribution in [1.29, 1.82) is 0 Å². The highest BCUT2D eigenvalue weighted by atomic mass is 28.4. The largest absolute Gasteiger partial charge is 0.701 e. The van der Waals surface area contributed by atoms with E-state index in [1.807, 2.05) is 0 Å². The zero-order chi connectivity index (χ0) is 13.5. The quantitative estimate of drug-likeness (QED) is 0.673. The van der Waals surface area contributed by atoms with Gasteiger partial charge < -0.3 is 13.3 Å². The van der Waals surface area contributed by atoms with Gasteiger partial charge in [-0.05, 0) is 0 Å². The summed E-state index contributed by atoms with van der Waals surface area (Å²) in [6.07, 6.45) is 0.363. The zero-order valence-electron chi connectivity index (χ0n) is 10.6. The average Bonchev–Trinajstić information content (AvgIpc) is 2.27. The maximum atomic E-state index is 11.2. The van der Waals surface area contributed by atoms with Gasteiger partial charge in [-0.2, -0.15) is 0 Å². The van der Waals surface area contributed by atoms with Crippen molar-refractivity contribution in [3.8, 4) is 0 Å². The minimum absolute atomic E-state index is 0.121. The number of rotatable bonds is 6. The molecule has 0 aliphatic carbocycles. The van der Waals surface area contributed by atoms with Crippen LogP contribution in [0, 0.1) is 0 Å². The molecule has 0 atom stereocenters. The first kappa shape index (κ1) is 15.6. The summed E-state index contributed by atoms with van der Waals surface area (Å²) in [5, 5.41) is 0. The lowest BCUT2D eigenvalue weighted by atomic mass is 10.5. The van der Waals surface area contributed by atoms with Crippen LogP contribution in [0.3, 0.4) is 0 Å². The lowest BCUT2D eigenvalue weighted by molar-refractivity contribution is -0.149. The van der Waals surface area contributed by atoms with Gasteiger partial charge in [0.2, 0.25) is 0 Å². The summed E-state index contributed by atoms with van der Waals surface area (Å²) >= 11 is 0. The van der Waals surface area contributed by atoms with Gasteiger partial charge in [0.25, 0.3) is 17.9 Å². The number of carbonyl (C=O) groups is 3. The Labute approximate surface area is 102 Å². The van der Waals surface area contributed by atoms with Gasteiger partial charge in [0.1, 0.15) is 0 Å². The van der Waals surface area contributed by atoms with Crippen molar-refractivity contribution in [3.05, 3.63) is 0 Å². The summed E-state index contributed by atoms with van der Waals surface area (Å²) in [5.41, 5.74) is 0. The van der Waals surface area contributed by atoms with E-state index in [4.69, 9.17) is 13.3 Å². The molecule has 6 nitrogen and oxygen atoms in total. The topological polar surface area (TPSA) is 78.9 Å². The average molecular weight is 262 g/mol. The van der Waals surface area contributed by atoms with Crippen molar-refractivity contribution in [2.45, 2.75) is 46.6 Å². The van der Waals surface area contributed by atoms with Crippen molar-refractivity contribution < 1.29 is 27.7 Å². The second kappa shape index (κ2) is 7.05. The van der Waals surface area contributed by atoms with Crippen LogP contribution in [0.15, 0.2) is 0 Å². The fraction of sp³-hybridized carbons (Fsp3) is 0.700. The van der Waals surface area contributed by atoms with Crippen molar-refractivity contribution >= 4 is 26.7 Å². The molecule has 0 bridgehead atoms. The second-order valence-electron chi connectivity index (χ2n) is 3.35. The molecule has 0 unspecified atom stereocenters. The minimum Gasteiger partial charge on any atom is -0.455 e. The van der Waals surface area contributed by atoms with E-state index < -0.39 is 26.7 Å². The third-order valence-electron chi connectivity index (χ3n) is 1.76. The molecule has 0 saturated carbocycles. The highest BCUT2D eigenvalue weighted by Gasteiger charge is 2.46. The van der Waals surface area contributed by atoms with E-state index in [-0.39, 0.29) is 19.3 Å². The minimum atomic E-state index is -3.55. The van der Waals surface area contributed by atoms with E-state index in [1.165, 1.54) is 6.55 Å². The monoisotopic (exact) mass is 262 g/mol. The fourth-order valence-electron chi connectivity index (χ4n) is 0.899. The van der Waals surface area contributed by atoms with E-state index in [0.717, 1.165) is 0 Å². The molecular weight excluding hydrogens is 244 g/mol. The third-order valence-corrected chi connectivity index (χ3v) is 3.56. The summed E-state index contributed by atoms with van der Waals surface area (Å²) in [5.74, 6) is -1.69. The van der Waals surface area contributed by atoms with Crippen LogP contribution in [0.25, 0.3) is 0 Å². The van der Waals surface area contributed by atoms with E-state index in [9.17, 15) is 14.4 Å². The highest BCUT2D eigenvalue weighted by molar-refractivity contribution is 6.64. The van der Waals surface area contributed by atoms with Gasteiger partial charge in [-0.1, -0.05) is 20.8 Å². The first-order valence-corrected chi connectivity index (χ1v) is 7.74. The van der Waals surface area contributed by atoms with Crippen LogP contribution >= 0.6 is 0 Å². The summed E-state index contributed by atoms with van der Waals surface area (Å²) in [6.45, 7) is 6.14. The van der Waals surface area contributed by atoms with Gasteiger partial charge >= 0.3 is 8.80 Å². The Morgan fingerprint density at radius 2 is 1.00 bits per heavy atom. The SMILES string of the molecule is CCC(=O)O[Si](C)(OC(=O)CC)OC(=O)CC. The standard InChI is InChI=1S/C10H18O6Si/c1-5-8(11)14-17(4,15-9(12)6-2)16-10(13)7-3/h5-7H2,1-4H3. The maximum absolute atomic E-state index is 11.2. The Morgan fingerprint density at radius 3 is 1.18 bits per heavy atom. The molecule has 7 heteroatoms. The van der Waals surface area contributed by atoms with E-state index >= 15 is 0 Å². The Morgan fingerprint density at radius 1 is 0.765 bits per heavy atom. The van der Waals surface area contributed by atoms with Gasteiger partial charge in [0.15, 0.2) is 0 Å². The molecule has 0 aromatic heterocycles. The van der Waals surface area contributed by atoms with Gasteiger partial charge in [0.05, 0.1) is 0 Å². The van der Waals surface area contributed by atoms with Gasteiger partial charge in [-0.25, -0.2) is 0 Å². The van der Waals surface area contributed by atoms with Crippen LogP contribution in [-0.4, -0.2) is 26.7 Å². The molecule has 0 aliphatic heterocycles. The van der Waals surface area contributed by atoms with Crippen molar-refractivity contribution in [3.63, 3.8) is 0 Å². The normalized spacial score (nSPS) is 10.6. The molecular formula is C10H18O6Si. The summed E-state index contributed by atoms with van der Waals surface area (Å²) in [7, 11) is -3.55. The molecule has 0 heterocycles. The number of hydrogen-bond donors (Lipinski definition) is 0. The Bertz CT molecular complexity index is 256. The third kappa shape index (κ3) is 6.05. The van der Waals surface area contributed by atoms with Crippen molar-refractivity contribution in [2.24, 2.45) is 0 Å². The van der Waals surface area contributed by atoms with Crippen LogP contribution < -0.4 is 0 Å². The predicted molar refractivity (Wildman–Crippen MR) is 60.8 cm³/mol. The first-order chi connectivity index (χ1) is 7.86. The molecule has 0 aromatic carbocycles. The van der Waals surface area contributed by atoms with Gasteiger partial charge in [0, 0.05) is 25.8 Å². The predicted octanol–water partition coefficient (Wildman–Crippen LogP) is 1.41. The molecule has 0 aromatic rings. The summed E-state index contributed by atoms with van der Waals surface area (Å²) < 4.78 is 14.8. The molecule has 0 radical (unpaired) electrons. The molecule has 98 valence electrons. The zero-order valence-corrected chi connectivity index (χ0v) is 11.6. The first-order valence-electron chi connectivity index (χ1n) is 5.52. The van der Waals surface area contributed by atoms with Crippen molar-refractivity contribution in [1.82, 2.24) is 0 Å². The van der Waals surface area contributed by atoms with Gasteiger partial charge in [-0.15, -0.1) is 0 Å². The lowest BCUT2D eigenvalue weighted by Gasteiger charge is -2.23. The molecule has 0 aliphatic rings. The van der Waals surface area contributed by atoms with E-state index in [2.05, 4.69) is 0 Å². The molecule has 0 amide bonds. The van der Waals surface area contributed by atoms with Crippen LogP contribution in [0.4, 0.5) is 0 Å². The number of hydrogen-bond acceptors (Lipinski definition) is 6. The van der Waals surface area contributed by atoms with E-state index in [0.29, 0.717) is 0 Å². The molecule has 0 saturated heterocycles. The van der Waals surface area contributed by atoms with Crippen LogP contribution in [0.2, 0.25) is 6.55 Å². The van der Waals surface area contributed by atoms with E-state index in [1.54, 1.807) is 20.8 Å². The molecule has 0 N–H and O–H groups in total. The second-order valence-corrected chi connectivity index (χ2v) is 5.68. The summed E-state index contributed by atoms with van der Waals surface area (Å²) in [4.78, 5) is 33.6. The van der Waals surface area contributed by atoms with Crippen LogP contribution in [-0.2, 0) is 27.7 Å². The fourth-order valence-corrected chi connectivity index (χ4v) is 2.70. The lowest BCUT2D eigenvalue weighted by Crippen LogP contribution is -2.47. The van der Waals surface area contributed by atoms with Crippen LogP contribution in [0.1, 0.15) is 40.0 Å². The van der Waals surface area contributed by atoms with Crippen LogP contribution in [0.5, 0.6) is 0 Å². The summed E-state index contributed by atoms with van der Waals surface area (Å²) in [6, 6.07) is 0. The molecule has 0 rings (SSSR count).